The monoisotopic (exact) mass is 461 g/mol. The van der Waals surface area contributed by atoms with E-state index in [1.807, 2.05) is 17.0 Å². The number of fused-ring (bicyclic) bond motifs is 1. The van der Waals surface area contributed by atoms with E-state index >= 15 is 0 Å². The van der Waals surface area contributed by atoms with Crippen LogP contribution in [0.4, 0.5) is 0 Å². The summed E-state index contributed by atoms with van der Waals surface area (Å²) in [4.78, 5) is 35.0. The quantitative estimate of drug-likeness (QED) is 0.734. The number of H-pyrrole nitrogens is 1. The van der Waals surface area contributed by atoms with Crippen LogP contribution in [-0.2, 0) is 10.0 Å². The van der Waals surface area contributed by atoms with E-state index in [1.54, 1.807) is 17.0 Å². The molecule has 0 spiro atoms. The molecule has 174 valence electrons. The lowest BCUT2D eigenvalue weighted by molar-refractivity contribution is 0.0595. The molecule has 2 fully saturated rings. The first-order valence-electron chi connectivity index (χ1n) is 11.0. The summed E-state index contributed by atoms with van der Waals surface area (Å²) in [5.41, 5.74) is 1.86. The van der Waals surface area contributed by atoms with E-state index in [9.17, 15) is 18.0 Å². The maximum atomic E-state index is 13.0. The fourth-order valence-corrected chi connectivity index (χ4v) is 5.22. The summed E-state index contributed by atoms with van der Waals surface area (Å²) in [5, 5.41) is 0.815. The summed E-state index contributed by atoms with van der Waals surface area (Å²) in [5.74, 6) is -0.145. The van der Waals surface area contributed by atoms with Gasteiger partial charge in [0.05, 0.1) is 6.26 Å². The van der Waals surface area contributed by atoms with E-state index in [2.05, 4.69) is 23.7 Å². The number of nitrogens with zero attached hydrogens (tertiary/aromatic N) is 4. The highest BCUT2D eigenvalue weighted by molar-refractivity contribution is 7.88. The SMILES string of the molecule is CC(C)N1CCN(C(=O)c2ccc3[nH]c(C(=O)N4CCN(S(C)(=O)=O)CC4)cc3c2)CC1. The van der Waals surface area contributed by atoms with Crippen LogP contribution >= 0.6 is 0 Å². The van der Waals surface area contributed by atoms with Crippen molar-refractivity contribution in [1.82, 2.24) is 24.0 Å². The summed E-state index contributed by atoms with van der Waals surface area (Å²) in [6.45, 7) is 8.82. The van der Waals surface area contributed by atoms with Crippen molar-refractivity contribution in [2.45, 2.75) is 19.9 Å². The van der Waals surface area contributed by atoms with Crippen LogP contribution in [0.15, 0.2) is 24.3 Å². The van der Waals surface area contributed by atoms with Gasteiger partial charge < -0.3 is 14.8 Å². The van der Waals surface area contributed by atoms with Gasteiger partial charge in [-0.15, -0.1) is 0 Å². The Labute approximate surface area is 189 Å². The van der Waals surface area contributed by atoms with Crippen LogP contribution in [-0.4, -0.2) is 109 Å². The molecule has 0 bridgehead atoms. The molecule has 2 saturated heterocycles. The molecule has 2 amide bonds. The Hall–Kier alpha value is -2.43. The molecule has 2 aromatic rings. The van der Waals surface area contributed by atoms with Crippen molar-refractivity contribution in [3.8, 4) is 0 Å². The number of sulfonamides is 1. The minimum atomic E-state index is -3.24. The summed E-state index contributed by atoms with van der Waals surface area (Å²) < 4.78 is 24.8. The van der Waals surface area contributed by atoms with Crippen molar-refractivity contribution in [1.29, 1.82) is 0 Å². The van der Waals surface area contributed by atoms with Crippen LogP contribution in [0, 0.1) is 0 Å². The number of nitrogens with one attached hydrogen (secondary N) is 1. The van der Waals surface area contributed by atoms with Gasteiger partial charge in [0.1, 0.15) is 5.69 Å². The average molecular weight is 462 g/mol. The van der Waals surface area contributed by atoms with E-state index in [0.717, 1.165) is 24.0 Å². The first kappa shape index (κ1) is 22.8. The standard InChI is InChI=1S/C22H31N5O4S/c1-16(2)24-6-8-25(9-7-24)21(28)17-4-5-19-18(14-17)15-20(23-19)22(29)26-10-12-27(13-11-26)32(3,30)31/h4-5,14-16,23H,6-13H2,1-3H3. The Bertz CT molecular complexity index is 1110. The molecule has 32 heavy (non-hydrogen) atoms. The van der Waals surface area contributed by atoms with Gasteiger partial charge in [-0.3, -0.25) is 14.5 Å². The van der Waals surface area contributed by atoms with Gasteiger partial charge in [-0.05, 0) is 38.1 Å². The maximum absolute atomic E-state index is 13.0. The fraction of sp³-hybridized carbons (Fsp3) is 0.545. The number of amides is 2. The van der Waals surface area contributed by atoms with Crippen LogP contribution in [0.2, 0.25) is 0 Å². The molecular formula is C22H31N5O4S. The summed E-state index contributed by atoms with van der Waals surface area (Å²) in [6.07, 6.45) is 1.19. The number of aromatic amines is 1. The van der Waals surface area contributed by atoms with E-state index < -0.39 is 10.0 Å². The Morgan fingerprint density at radius 3 is 2.06 bits per heavy atom. The Kier molecular flexibility index (Phi) is 6.28. The number of benzene rings is 1. The zero-order valence-corrected chi connectivity index (χ0v) is 19.7. The van der Waals surface area contributed by atoms with Crippen molar-refractivity contribution in [3.63, 3.8) is 0 Å². The van der Waals surface area contributed by atoms with Crippen molar-refractivity contribution < 1.29 is 18.0 Å². The minimum absolute atomic E-state index is 0.0151. The van der Waals surface area contributed by atoms with Gasteiger partial charge in [-0.2, -0.15) is 4.31 Å². The lowest BCUT2D eigenvalue weighted by Gasteiger charge is -2.37. The van der Waals surface area contributed by atoms with Gasteiger partial charge in [0.15, 0.2) is 0 Å². The number of rotatable bonds is 4. The molecule has 0 atom stereocenters. The minimum Gasteiger partial charge on any atom is -0.351 e. The van der Waals surface area contributed by atoms with Crippen LogP contribution in [0.1, 0.15) is 34.7 Å². The van der Waals surface area contributed by atoms with Crippen molar-refractivity contribution in [3.05, 3.63) is 35.5 Å². The molecule has 2 aliphatic rings. The zero-order valence-electron chi connectivity index (χ0n) is 18.9. The molecular weight excluding hydrogens is 430 g/mol. The van der Waals surface area contributed by atoms with Gasteiger partial charge in [0, 0.05) is 74.9 Å². The molecule has 1 aromatic carbocycles. The van der Waals surface area contributed by atoms with Crippen molar-refractivity contribution in [2.24, 2.45) is 0 Å². The van der Waals surface area contributed by atoms with Crippen LogP contribution < -0.4 is 0 Å². The predicted molar refractivity (Wildman–Crippen MR) is 123 cm³/mol. The van der Waals surface area contributed by atoms with Crippen LogP contribution in [0.5, 0.6) is 0 Å². The first-order chi connectivity index (χ1) is 15.1. The van der Waals surface area contributed by atoms with E-state index in [-0.39, 0.29) is 11.8 Å². The van der Waals surface area contributed by atoms with E-state index in [0.29, 0.717) is 56.6 Å². The van der Waals surface area contributed by atoms with E-state index in [4.69, 9.17) is 0 Å². The average Bonchev–Trinajstić information content (AvgIpc) is 3.21. The molecule has 9 nitrogen and oxygen atoms in total. The smallest absolute Gasteiger partial charge is 0.270 e. The normalized spacial score (nSPS) is 19.1. The number of hydrogen-bond acceptors (Lipinski definition) is 5. The van der Waals surface area contributed by atoms with Crippen molar-refractivity contribution in [2.75, 3.05) is 58.6 Å². The predicted octanol–water partition coefficient (Wildman–Crippen LogP) is 1.05. The third-order valence-electron chi connectivity index (χ3n) is 6.42. The first-order valence-corrected chi connectivity index (χ1v) is 12.9. The highest BCUT2D eigenvalue weighted by atomic mass is 32.2. The molecule has 0 saturated carbocycles. The number of carbonyl (C=O) groups is 2. The zero-order chi connectivity index (χ0) is 23.0. The topological polar surface area (TPSA) is 97.0 Å². The maximum Gasteiger partial charge on any atom is 0.270 e. The van der Waals surface area contributed by atoms with Gasteiger partial charge >= 0.3 is 0 Å². The second kappa shape index (κ2) is 8.84. The Morgan fingerprint density at radius 2 is 1.47 bits per heavy atom. The molecule has 2 aliphatic heterocycles. The summed E-state index contributed by atoms with van der Waals surface area (Å²) in [7, 11) is -3.24. The second-order valence-electron chi connectivity index (χ2n) is 8.86. The number of piperazine rings is 2. The molecule has 4 rings (SSSR count). The molecule has 10 heteroatoms. The molecule has 1 aromatic heterocycles. The van der Waals surface area contributed by atoms with Gasteiger partial charge in [-0.25, -0.2) is 8.42 Å². The summed E-state index contributed by atoms with van der Waals surface area (Å²) in [6, 6.07) is 7.73. The molecule has 3 heterocycles. The highest BCUT2D eigenvalue weighted by Gasteiger charge is 2.28. The largest absolute Gasteiger partial charge is 0.351 e. The third kappa shape index (κ3) is 4.67. The Morgan fingerprint density at radius 1 is 0.875 bits per heavy atom. The van der Waals surface area contributed by atoms with Crippen LogP contribution in [0.25, 0.3) is 10.9 Å². The lowest BCUT2D eigenvalue weighted by atomic mass is 10.1. The fourth-order valence-electron chi connectivity index (χ4n) is 4.40. The van der Waals surface area contributed by atoms with Crippen molar-refractivity contribution >= 4 is 32.7 Å². The molecule has 0 unspecified atom stereocenters. The molecule has 0 radical (unpaired) electrons. The molecule has 1 N–H and O–H groups in total. The second-order valence-corrected chi connectivity index (χ2v) is 10.8. The van der Waals surface area contributed by atoms with E-state index in [1.165, 1.54) is 10.6 Å². The number of aromatic nitrogens is 1. The van der Waals surface area contributed by atoms with Gasteiger partial charge in [0.25, 0.3) is 11.8 Å². The lowest BCUT2D eigenvalue weighted by Crippen LogP contribution is -2.50. The number of hydrogen-bond donors (Lipinski definition) is 1. The number of carbonyl (C=O) groups excluding carboxylic acids is 2. The summed E-state index contributed by atoms with van der Waals surface area (Å²) >= 11 is 0. The third-order valence-corrected chi connectivity index (χ3v) is 7.73. The molecule has 0 aliphatic carbocycles. The van der Waals surface area contributed by atoms with Crippen LogP contribution in [0.3, 0.4) is 0 Å². The van der Waals surface area contributed by atoms with Gasteiger partial charge in [0.2, 0.25) is 10.0 Å². The van der Waals surface area contributed by atoms with Gasteiger partial charge in [-0.1, -0.05) is 0 Å². The highest BCUT2D eigenvalue weighted by Crippen LogP contribution is 2.21. The Balaban J connectivity index is 1.44.